The first-order chi connectivity index (χ1) is 15.8. The molecule has 0 aliphatic heterocycles. The van der Waals surface area contributed by atoms with Crippen LogP contribution in [0.15, 0.2) is 60.8 Å². The molecule has 0 fully saturated rings. The number of anilines is 3. The molecule has 1 amide bonds. The minimum atomic E-state index is -4.72. The van der Waals surface area contributed by atoms with E-state index >= 15 is 0 Å². The fraction of sp³-hybridized carbons (Fsp3) is 0.227. The van der Waals surface area contributed by atoms with Gasteiger partial charge >= 0.3 is 6.36 Å². The highest BCUT2D eigenvalue weighted by atomic mass is 19.4. The highest BCUT2D eigenvalue weighted by Crippen LogP contribution is 2.24. The van der Waals surface area contributed by atoms with Crippen molar-refractivity contribution in [3.63, 3.8) is 0 Å². The summed E-state index contributed by atoms with van der Waals surface area (Å²) in [6.07, 6.45) is -2.50. The van der Waals surface area contributed by atoms with Crippen molar-refractivity contribution in [3.05, 3.63) is 66.4 Å². The highest BCUT2D eigenvalue weighted by molar-refractivity contribution is 5.95. The predicted octanol–water partition coefficient (Wildman–Crippen LogP) is 4.36. The van der Waals surface area contributed by atoms with Gasteiger partial charge in [-0.1, -0.05) is 6.07 Å². The minimum absolute atomic E-state index is 0.192. The number of halogens is 3. The average Bonchev–Trinajstić information content (AvgIpc) is 2.79. The van der Waals surface area contributed by atoms with Crippen LogP contribution in [0.2, 0.25) is 0 Å². The summed E-state index contributed by atoms with van der Waals surface area (Å²) in [5, 5.41) is 8.78. The average molecular weight is 461 g/mol. The van der Waals surface area contributed by atoms with E-state index in [4.69, 9.17) is 4.74 Å². The Kier molecular flexibility index (Phi) is 7.90. The summed E-state index contributed by atoms with van der Waals surface area (Å²) in [5.41, 5.74) is 1.19. The van der Waals surface area contributed by atoms with E-state index in [-0.39, 0.29) is 11.7 Å². The Balaban J connectivity index is 1.43. The monoisotopic (exact) mass is 461 g/mol. The number of rotatable bonds is 10. The highest BCUT2D eigenvalue weighted by Gasteiger charge is 2.30. The van der Waals surface area contributed by atoms with Gasteiger partial charge in [0.1, 0.15) is 17.3 Å². The molecule has 0 aliphatic carbocycles. The molecule has 11 heteroatoms. The van der Waals surface area contributed by atoms with Crippen LogP contribution < -0.4 is 25.4 Å². The van der Waals surface area contributed by atoms with Crippen LogP contribution in [0.4, 0.5) is 30.6 Å². The molecule has 33 heavy (non-hydrogen) atoms. The first-order valence-corrected chi connectivity index (χ1v) is 9.97. The normalized spacial score (nSPS) is 10.9. The van der Waals surface area contributed by atoms with E-state index in [1.54, 1.807) is 43.6 Å². The van der Waals surface area contributed by atoms with Crippen molar-refractivity contribution in [2.45, 2.75) is 12.8 Å². The Morgan fingerprint density at radius 3 is 2.55 bits per heavy atom. The van der Waals surface area contributed by atoms with Gasteiger partial charge in [-0.2, -0.15) is 4.98 Å². The molecule has 8 nitrogen and oxygen atoms in total. The number of alkyl halides is 3. The molecule has 0 bridgehead atoms. The smallest absolute Gasteiger partial charge is 0.494 e. The number of benzene rings is 2. The molecular weight excluding hydrogens is 439 g/mol. The van der Waals surface area contributed by atoms with E-state index in [1.807, 2.05) is 0 Å². The third-order valence-electron chi connectivity index (χ3n) is 4.22. The molecule has 2 aromatic carbocycles. The lowest BCUT2D eigenvalue weighted by molar-refractivity contribution is -0.274. The van der Waals surface area contributed by atoms with E-state index in [2.05, 4.69) is 30.7 Å². The summed E-state index contributed by atoms with van der Waals surface area (Å²) in [4.78, 5) is 20.3. The van der Waals surface area contributed by atoms with Crippen molar-refractivity contribution in [1.29, 1.82) is 0 Å². The van der Waals surface area contributed by atoms with Crippen molar-refractivity contribution < 1.29 is 27.4 Å². The van der Waals surface area contributed by atoms with Crippen LogP contribution in [0.25, 0.3) is 0 Å². The number of amides is 1. The van der Waals surface area contributed by atoms with Gasteiger partial charge in [0.2, 0.25) is 5.95 Å². The van der Waals surface area contributed by atoms with Crippen LogP contribution in [0.5, 0.6) is 11.5 Å². The Bertz CT molecular complexity index is 1060. The molecule has 174 valence electrons. The van der Waals surface area contributed by atoms with Crippen LogP contribution in [-0.2, 0) is 0 Å². The molecule has 3 aromatic rings. The second-order valence-electron chi connectivity index (χ2n) is 6.70. The zero-order chi connectivity index (χ0) is 23.7. The maximum atomic E-state index is 12.2. The maximum absolute atomic E-state index is 12.2. The van der Waals surface area contributed by atoms with Crippen LogP contribution in [-0.4, -0.2) is 42.4 Å². The lowest BCUT2D eigenvalue weighted by Gasteiger charge is -2.11. The molecular formula is C22H22F3N5O3. The molecule has 0 unspecified atom stereocenters. The number of nitrogens with one attached hydrogen (secondary N) is 3. The van der Waals surface area contributed by atoms with Gasteiger partial charge in [0.05, 0.1) is 6.61 Å². The van der Waals surface area contributed by atoms with Gasteiger partial charge in [-0.15, -0.1) is 13.2 Å². The largest absolute Gasteiger partial charge is 0.573 e. The number of nitrogens with zero attached hydrogens (tertiary/aromatic N) is 2. The molecule has 0 saturated heterocycles. The van der Waals surface area contributed by atoms with Crippen LogP contribution in [0.3, 0.4) is 0 Å². The quantitative estimate of drug-likeness (QED) is 0.386. The molecule has 0 saturated carbocycles. The summed E-state index contributed by atoms with van der Waals surface area (Å²) in [7, 11) is 1.56. The zero-order valence-corrected chi connectivity index (χ0v) is 17.6. The summed E-state index contributed by atoms with van der Waals surface area (Å²) < 4.78 is 45.9. The second kappa shape index (κ2) is 11.0. The topological polar surface area (TPSA) is 97.4 Å². The lowest BCUT2D eigenvalue weighted by atomic mass is 10.2. The molecule has 0 radical (unpaired) electrons. The molecule has 0 atom stereocenters. The number of carbonyl (C=O) groups excluding carboxylic acids is 1. The van der Waals surface area contributed by atoms with Gasteiger partial charge in [-0.3, -0.25) is 4.79 Å². The number of hydrogen-bond donors (Lipinski definition) is 3. The zero-order valence-electron chi connectivity index (χ0n) is 17.6. The van der Waals surface area contributed by atoms with E-state index in [0.29, 0.717) is 48.3 Å². The van der Waals surface area contributed by atoms with Gasteiger partial charge in [-0.25, -0.2) is 4.98 Å². The number of hydrogen-bond acceptors (Lipinski definition) is 7. The predicted molar refractivity (Wildman–Crippen MR) is 117 cm³/mol. The molecule has 0 aliphatic rings. The maximum Gasteiger partial charge on any atom is 0.573 e. The summed E-state index contributed by atoms with van der Waals surface area (Å²) in [6, 6.07) is 13.9. The van der Waals surface area contributed by atoms with E-state index in [9.17, 15) is 18.0 Å². The van der Waals surface area contributed by atoms with Gasteiger partial charge in [0.25, 0.3) is 5.91 Å². The van der Waals surface area contributed by atoms with Gasteiger partial charge in [0, 0.05) is 31.0 Å². The van der Waals surface area contributed by atoms with Crippen LogP contribution in [0, 0.1) is 0 Å². The van der Waals surface area contributed by atoms with Crippen molar-refractivity contribution in [3.8, 4) is 11.5 Å². The summed E-state index contributed by atoms with van der Waals surface area (Å²) >= 11 is 0. The Morgan fingerprint density at radius 1 is 1.06 bits per heavy atom. The van der Waals surface area contributed by atoms with Crippen LogP contribution >= 0.6 is 0 Å². The second-order valence-corrected chi connectivity index (χ2v) is 6.70. The Morgan fingerprint density at radius 2 is 1.82 bits per heavy atom. The van der Waals surface area contributed by atoms with Crippen molar-refractivity contribution in [1.82, 2.24) is 15.3 Å². The molecule has 3 N–H and O–H groups in total. The SMILES string of the molecule is CNC(=O)c1cccc(Nc2nccc(NCCCOc3ccc(OC(F)(F)F)cc3)n2)c1. The number of aromatic nitrogens is 2. The lowest BCUT2D eigenvalue weighted by Crippen LogP contribution is -2.17. The number of ether oxygens (including phenoxy) is 2. The van der Waals surface area contributed by atoms with Gasteiger partial charge in [-0.05, 0) is 55.0 Å². The van der Waals surface area contributed by atoms with E-state index < -0.39 is 6.36 Å². The molecule has 3 rings (SSSR count). The molecule has 0 spiro atoms. The minimum Gasteiger partial charge on any atom is -0.494 e. The van der Waals surface area contributed by atoms with E-state index in [0.717, 1.165) is 0 Å². The van der Waals surface area contributed by atoms with Crippen molar-refractivity contribution in [2.75, 3.05) is 30.8 Å². The standard InChI is InChI=1S/C22H22F3N5O3/c1-26-20(31)15-4-2-5-16(14-15)29-21-28-12-10-19(30-21)27-11-3-13-32-17-6-8-18(9-7-17)33-22(23,24)25/h2,4-10,12,14H,3,11,13H2,1H3,(H,26,31)(H2,27,28,29,30). The summed E-state index contributed by atoms with van der Waals surface area (Å²) in [6.45, 7) is 0.910. The van der Waals surface area contributed by atoms with Crippen molar-refractivity contribution in [2.24, 2.45) is 0 Å². The number of carbonyl (C=O) groups is 1. The third-order valence-corrected chi connectivity index (χ3v) is 4.22. The van der Waals surface area contributed by atoms with Gasteiger partial charge in [0.15, 0.2) is 0 Å². The Hall–Kier alpha value is -4.02. The van der Waals surface area contributed by atoms with Crippen LogP contribution in [0.1, 0.15) is 16.8 Å². The van der Waals surface area contributed by atoms with E-state index in [1.165, 1.54) is 24.3 Å². The molecule has 1 heterocycles. The molecule has 1 aromatic heterocycles. The fourth-order valence-corrected chi connectivity index (χ4v) is 2.75. The fourth-order valence-electron chi connectivity index (χ4n) is 2.75. The first kappa shape index (κ1) is 23.6. The Labute approximate surface area is 188 Å². The first-order valence-electron chi connectivity index (χ1n) is 9.97. The summed E-state index contributed by atoms with van der Waals surface area (Å²) in [5.74, 6) is 0.917. The van der Waals surface area contributed by atoms with Crippen molar-refractivity contribution >= 4 is 23.4 Å². The third kappa shape index (κ3) is 7.87. The van der Waals surface area contributed by atoms with Gasteiger partial charge < -0.3 is 25.4 Å².